The highest BCUT2D eigenvalue weighted by molar-refractivity contribution is 7.08. The van der Waals surface area contributed by atoms with Gasteiger partial charge in [0, 0.05) is 11.8 Å². The summed E-state index contributed by atoms with van der Waals surface area (Å²) in [6, 6.07) is 23.7. The van der Waals surface area contributed by atoms with Crippen molar-refractivity contribution < 1.29 is 4.74 Å². The second kappa shape index (κ2) is 6.50. The maximum absolute atomic E-state index is 5.73. The molecule has 118 valence electrons. The Morgan fingerprint density at radius 2 is 1.79 bits per heavy atom. The second-order valence-corrected chi connectivity index (χ2v) is 6.65. The number of benzene rings is 3. The van der Waals surface area contributed by atoms with E-state index in [0.29, 0.717) is 0 Å². The minimum atomic E-state index is 0.867. The first-order valence-electron chi connectivity index (χ1n) is 8.01. The fourth-order valence-electron chi connectivity index (χ4n) is 3.18. The van der Waals surface area contributed by atoms with Crippen LogP contribution < -0.4 is 4.74 Å². The number of methoxy groups -OCH3 is 1. The molecular formula is C22H18OS. The summed E-state index contributed by atoms with van der Waals surface area (Å²) in [5.74, 6) is 0.981. The summed E-state index contributed by atoms with van der Waals surface area (Å²) in [6.07, 6.45) is 0.867. The van der Waals surface area contributed by atoms with Crippen molar-refractivity contribution in [3.63, 3.8) is 0 Å². The van der Waals surface area contributed by atoms with Crippen LogP contribution in [0.2, 0.25) is 0 Å². The number of rotatable bonds is 4. The first-order chi connectivity index (χ1) is 11.8. The molecule has 0 spiro atoms. The quantitative estimate of drug-likeness (QED) is 0.435. The summed E-state index contributed by atoms with van der Waals surface area (Å²) in [5, 5.41) is 6.70. The standard InChI is InChI=1S/C22H18OS/c1-23-22-19(10-9-17-6-2-3-8-21(17)22)14-16-5-4-7-18(13-16)20-11-12-24-15-20/h2-13,15H,14H2,1H3. The molecule has 0 N–H and O–H groups in total. The van der Waals surface area contributed by atoms with E-state index in [4.69, 9.17) is 4.74 Å². The summed E-state index contributed by atoms with van der Waals surface area (Å²) in [7, 11) is 1.76. The number of hydrogen-bond donors (Lipinski definition) is 0. The molecule has 3 aromatic carbocycles. The lowest BCUT2D eigenvalue weighted by molar-refractivity contribution is 0.415. The van der Waals surface area contributed by atoms with Crippen molar-refractivity contribution >= 4 is 22.1 Å². The second-order valence-electron chi connectivity index (χ2n) is 5.87. The number of ether oxygens (including phenoxy) is 1. The molecule has 0 atom stereocenters. The van der Waals surface area contributed by atoms with Crippen LogP contribution in [0.1, 0.15) is 11.1 Å². The first-order valence-corrected chi connectivity index (χ1v) is 8.95. The molecule has 24 heavy (non-hydrogen) atoms. The molecule has 0 fully saturated rings. The number of fused-ring (bicyclic) bond motifs is 1. The van der Waals surface area contributed by atoms with Gasteiger partial charge < -0.3 is 4.74 Å². The Morgan fingerprint density at radius 3 is 2.62 bits per heavy atom. The van der Waals surface area contributed by atoms with Gasteiger partial charge >= 0.3 is 0 Å². The average molecular weight is 330 g/mol. The maximum Gasteiger partial charge on any atom is 0.130 e. The molecule has 4 aromatic rings. The molecule has 1 aromatic heterocycles. The highest BCUT2D eigenvalue weighted by Crippen LogP contribution is 2.32. The molecule has 0 saturated heterocycles. The first kappa shape index (κ1) is 15.0. The Morgan fingerprint density at radius 1 is 0.875 bits per heavy atom. The highest BCUT2D eigenvalue weighted by atomic mass is 32.1. The zero-order chi connectivity index (χ0) is 16.4. The minimum Gasteiger partial charge on any atom is -0.496 e. The van der Waals surface area contributed by atoms with E-state index in [1.165, 1.54) is 33.0 Å². The molecule has 1 nitrogen and oxygen atoms in total. The van der Waals surface area contributed by atoms with E-state index in [1.807, 2.05) is 0 Å². The molecule has 0 aliphatic carbocycles. The van der Waals surface area contributed by atoms with Gasteiger partial charge in [-0.05, 0) is 44.5 Å². The van der Waals surface area contributed by atoms with Gasteiger partial charge in [0.15, 0.2) is 0 Å². The van der Waals surface area contributed by atoms with E-state index in [1.54, 1.807) is 18.4 Å². The largest absolute Gasteiger partial charge is 0.496 e. The Kier molecular flexibility index (Phi) is 4.06. The molecule has 0 aliphatic heterocycles. The summed E-state index contributed by atoms with van der Waals surface area (Å²) < 4.78 is 5.73. The third-order valence-corrected chi connectivity index (χ3v) is 5.02. The van der Waals surface area contributed by atoms with Crippen LogP contribution in [0.4, 0.5) is 0 Å². The SMILES string of the molecule is COc1c(Cc2cccc(-c3ccsc3)c2)ccc2ccccc12. The molecule has 0 radical (unpaired) electrons. The van der Waals surface area contributed by atoms with Crippen molar-refractivity contribution in [2.24, 2.45) is 0 Å². The Hall–Kier alpha value is -2.58. The minimum absolute atomic E-state index is 0.867. The van der Waals surface area contributed by atoms with Crippen LogP contribution in [-0.2, 0) is 6.42 Å². The molecule has 4 rings (SSSR count). The van der Waals surface area contributed by atoms with Gasteiger partial charge in [0.25, 0.3) is 0 Å². The predicted octanol–water partition coefficient (Wildman–Crippen LogP) is 6.17. The molecule has 0 aliphatic rings. The lowest BCUT2D eigenvalue weighted by atomic mass is 9.97. The molecule has 2 heteroatoms. The zero-order valence-corrected chi connectivity index (χ0v) is 14.3. The number of hydrogen-bond acceptors (Lipinski definition) is 2. The Bertz CT molecular complexity index is 970. The molecule has 0 bridgehead atoms. The predicted molar refractivity (Wildman–Crippen MR) is 103 cm³/mol. The van der Waals surface area contributed by atoms with Crippen LogP contribution >= 0.6 is 11.3 Å². The molecule has 0 unspecified atom stereocenters. The van der Waals surface area contributed by atoms with Crippen molar-refractivity contribution in [3.05, 3.63) is 88.6 Å². The molecule has 1 heterocycles. The topological polar surface area (TPSA) is 9.23 Å². The van der Waals surface area contributed by atoms with Gasteiger partial charge in [-0.1, -0.05) is 60.7 Å². The Labute approximate surface area is 146 Å². The fourth-order valence-corrected chi connectivity index (χ4v) is 3.84. The highest BCUT2D eigenvalue weighted by Gasteiger charge is 2.09. The van der Waals surface area contributed by atoms with Crippen LogP contribution in [0.3, 0.4) is 0 Å². The van der Waals surface area contributed by atoms with E-state index >= 15 is 0 Å². The van der Waals surface area contributed by atoms with E-state index < -0.39 is 0 Å². The summed E-state index contributed by atoms with van der Waals surface area (Å²) >= 11 is 1.73. The number of thiophene rings is 1. The van der Waals surface area contributed by atoms with Crippen LogP contribution in [0.5, 0.6) is 5.75 Å². The zero-order valence-electron chi connectivity index (χ0n) is 13.5. The van der Waals surface area contributed by atoms with E-state index in [-0.39, 0.29) is 0 Å². The monoisotopic (exact) mass is 330 g/mol. The van der Waals surface area contributed by atoms with Crippen LogP contribution in [0.15, 0.2) is 77.5 Å². The van der Waals surface area contributed by atoms with Gasteiger partial charge in [-0.3, -0.25) is 0 Å². The molecule has 0 saturated carbocycles. The van der Waals surface area contributed by atoms with E-state index in [9.17, 15) is 0 Å². The lowest BCUT2D eigenvalue weighted by Crippen LogP contribution is -1.95. The van der Waals surface area contributed by atoms with Crippen molar-refractivity contribution in [1.82, 2.24) is 0 Å². The molecule has 0 amide bonds. The van der Waals surface area contributed by atoms with Gasteiger partial charge in [0.2, 0.25) is 0 Å². The summed E-state index contributed by atoms with van der Waals surface area (Å²) in [4.78, 5) is 0. The third-order valence-electron chi connectivity index (χ3n) is 4.34. The van der Waals surface area contributed by atoms with Crippen molar-refractivity contribution in [3.8, 4) is 16.9 Å². The van der Waals surface area contributed by atoms with Crippen molar-refractivity contribution in [2.75, 3.05) is 7.11 Å². The smallest absolute Gasteiger partial charge is 0.130 e. The van der Waals surface area contributed by atoms with Gasteiger partial charge in [-0.2, -0.15) is 11.3 Å². The van der Waals surface area contributed by atoms with Crippen LogP contribution in [0, 0.1) is 0 Å². The molecular weight excluding hydrogens is 312 g/mol. The van der Waals surface area contributed by atoms with E-state index in [0.717, 1.165) is 12.2 Å². The van der Waals surface area contributed by atoms with E-state index in [2.05, 4.69) is 77.5 Å². The maximum atomic E-state index is 5.73. The summed E-state index contributed by atoms with van der Waals surface area (Å²) in [6.45, 7) is 0. The Balaban J connectivity index is 1.73. The third kappa shape index (κ3) is 2.81. The average Bonchev–Trinajstić information content (AvgIpc) is 3.16. The van der Waals surface area contributed by atoms with Crippen molar-refractivity contribution in [2.45, 2.75) is 6.42 Å². The van der Waals surface area contributed by atoms with Crippen LogP contribution in [-0.4, -0.2) is 7.11 Å². The van der Waals surface area contributed by atoms with Gasteiger partial charge in [0.05, 0.1) is 7.11 Å². The normalized spacial score (nSPS) is 10.9. The van der Waals surface area contributed by atoms with Crippen LogP contribution in [0.25, 0.3) is 21.9 Å². The van der Waals surface area contributed by atoms with Gasteiger partial charge in [-0.25, -0.2) is 0 Å². The van der Waals surface area contributed by atoms with Crippen molar-refractivity contribution in [1.29, 1.82) is 0 Å². The fraction of sp³-hybridized carbons (Fsp3) is 0.0909. The summed E-state index contributed by atoms with van der Waals surface area (Å²) in [5.41, 5.74) is 5.08. The lowest BCUT2D eigenvalue weighted by Gasteiger charge is -2.12. The van der Waals surface area contributed by atoms with Gasteiger partial charge in [-0.15, -0.1) is 0 Å². The van der Waals surface area contributed by atoms with Gasteiger partial charge in [0.1, 0.15) is 5.75 Å².